The van der Waals surface area contributed by atoms with E-state index >= 15 is 0 Å². The van der Waals surface area contributed by atoms with Gasteiger partial charge in [-0.1, -0.05) is 36.5 Å². The summed E-state index contributed by atoms with van der Waals surface area (Å²) in [5.41, 5.74) is 1.07. The number of allylic oxidation sites excluding steroid dienone is 4. The summed E-state index contributed by atoms with van der Waals surface area (Å²) >= 11 is 0. The second-order valence-corrected chi connectivity index (χ2v) is 5.03. The maximum atomic E-state index is 10.5. The smallest absolute Gasteiger partial charge is 0.269 e. The summed E-state index contributed by atoms with van der Waals surface area (Å²) in [6.07, 6.45) is 14.7. The SMILES string of the molecule is O=[N+]([O-])c1ccc(\C=C/C=C/C=C/CN2CCCC2)cc1. The standard InChI is InChI=1S/C17H20N2O2/c20-19(21)17-11-9-16(10-12-17)8-4-2-1-3-5-13-18-14-6-7-15-18/h1-5,8-12H,6-7,13-15H2/b2-1+,5-3+,8-4-. The monoisotopic (exact) mass is 284 g/mol. The fraction of sp³-hybridized carbons (Fsp3) is 0.294. The van der Waals surface area contributed by atoms with E-state index in [4.69, 9.17) is 0 Å². The van der Waals surface area contributed by atoms with Crippen LogP contribution in [0.1, 0.15) is 18.4 Å². The van der Waals surface area contributed by atoms with Gasteiger partial charge in [0.05, 0.1) is 4.92 Å². The Bertz CT molecular complexity index is 538. The molecule has 4 nitrogen and oxygen atoms in total. The van der Waals surface area contributed by atoms with Gasteiger partial charge in [0.1, 0.15) is 0 Å². The molecule has 1 aromatic rings. The summed E-state index contributed by atoms with van der Waals surface area (Å²) in [7, 11) is 0. The molecule has 0 radical (unpaired) electrons. The third-order valence-corrected chi connectivity index (χ3v) is 3.42. The number of non-ortho nitro benzene ring substituents is 1. The average molecular weight is 284 g/mol. The van der Waals surface area contributed by atoms with Crippen molar-refractivity contribution >= 4 is 11.8 Å². The molecule has 0 unspecified atom stereocenters. The molecule has 0 atom stereocenters. The molecule has 0 saturated carbocycles. The number of likely N-dealkylation sites (tertiary alicyclic amines) is 1. The van der Waals surface area contributed by atoms with E-state index in [0.29, 0.717) is 0 Å². The lowest BCUT2D eigenvalue weighted by atomic mass is 10.2. The Morgan fingerprint density at radius 2 is 1.71 bits per heavy atom. The Labute approximate surface area is 125 Å². The zero-order chi connectivity index (χ0) is 14.9. The van der Waals surface area contributed by atoms with Crippen LogP contribution in [-0.4, -0.2) is 29.5 Å². The Balaban J connectivity index is 1.74. The highest BCUT2D eigenvalue weighted by Crippen LogP contribution is 2.12. The predicted molar refractivity (Wildman–Crippen MR) is 86.1 cm³/mol. The van der Waals surface area contributed by atoms with Gasteiger partial charge in [-0.05, 0) is 43.6 Å². The molecule has 4 heteroatoms. The van der Waals surface area contributed by atoms with Gasteiger partial charge in [-0.2, -0.15) is 0 Å². The molecular weight excluding hydrogens is 264 g/mol. The summed E-state index contributed by atoms with van der Waals surface area (Å²) in [6, 6.07) is 6.51. The minimum atomic E-state index is -0.390. The summed E-state index contributed by atoms with van der Waals surface area (Å²) in [6.45, 7) is 3.46. The van der Waals surface area contributed by atoms with Crippen molar-refractivity contribution in [1.29, 1.82) is 0 Å². The van der Waals surface area contributed by atoms with Crippen LogP contribution < -0.4 is 0 Å². The van der Waals surface area contributed by atoms with Crippen LogP contribution in [0, 0.1) is 10.1 Å². The molecule has 1 aliphatic rings. The molecular formula is C17H20N2O2. The van der Waals surface area contributed by atoms with E-state index in [0.717, 1.165) is 12.1 Å². The molecule has 1 aliphatic heterocycles. The first-order valence-electron chi connectivity index (χ1n) is 7.22. The molecule has 1 fully saturated rings. The number of rotatable bonds is 6. The van der Waals surface area contributed by atoms with E-state index in [1.807, 2.05) is 24.3 Å². The minimum absolute atomic E-state index is 0.118. The number of benzene rings is 1. The first-order chi connectivity index (χ1) is 10.3. The van der Waals surface area contributed by atoms with Gasteiger partial charge in [0.25, 0.3) is 5.69 Å². The number of nitrogens with zero attached hydrogens (tertiary/aromatic N) is 2. The number of hydrogen-bond donors (Lipinski definition) is 0. The second-order valence-electron chi connectivity index (χ2n) is 5.03. The van der Waals surface area contributed by atoms with Crippen LogP contribution in [0.2, 0.25) is 0 Å². The summed E-state index contributed by atoms with van der Waals surface area (Å²) in [5, 5.41) is 10.5. The lowest BCUT2D eigenvalue weighted by molar-refractivity contribution is -0.384. The topological polar surface area (TPSA) is 46.4 Å². The molecule has 1 heterocycles. The molecule has 2 rings (SSSR count). The number of hydrogen-bond acceptors (Lipinski definition) is 3. The van der Waals surface area contributed by atoms with Crippen molar-refractivity contribution in [2.45, 2.75) is 12.8 Å². The lowest BCUT2D eigenvalue weighted by Crippen LogP contribution is -2.18. The Morgan fingerprint density at radius 1 is 1.05 bits per heavy atom. The lowest BCUT2D eigenvalue weighted by Gasteiger charge is -2.09. The van der Waals surface area contributed by atoms with Crippen LogP contribution in [-0.2, 0) is 0 Å². The van der Waals surface area contributed by atoms with Crippen LogP contribution >= 0.6 is 0 Å². The minimum Gasteiger partial charge on any atom is -0.300 e. The summed E-state index contributed by atoms with van der Waals surface area (Å²) in [4.78, 5) is 12.6. The number of nitro benzene ring substituents is 1. The largest absolute Gasteiger partial charge is 0.300 e. The summed E-state index contributed by atoms with van der Waals surface area (Å²) in [5.74, 6) is 0. The maximum absolute atomic E-state index is 10.5. The maximum Gasteiger partial charge on any atom is 0.269 e. The van der Waals surface area contributed by atoms with Crippen LogP contribution in [0.15, 0.2) is 54.6 Å². The highest BCUT2D eigenvalue weighted by Gasteiger charge is 2.08. The van der Waals surface area contributed by atoms with Gasteiger partial charge in [-0.15, -0.1) is 0 Å². The fourth-order valence-electron chi connectivity index (χ4n) is 2.26. The third-order valence-electron chi connectivity index (χ3n) is 3.42. The molecule has 1 aromatic carbocycles. The highest BCUT2D eigenvalue weighted by atomic mass is 16.6. The first kappa shape index (κ1) is 15.2. The Kier molecular flexibility index (Phi) is 5.91. The summed E-state index contributed by atoms with van der Waals surface area (Å²) < 4.78 is 0. The van der Waals surface area contributed by atoms with Gasteiger partial charge < -0.3 is 0 Å². The van der Waals surface area contributed by atoms with Crippen LogP contribution in [0.25, 0.3) is 6.08 Å². The average Bonchev–Trinajstić information content (AvgIpc) is 3.00. The van der Waals surface area contributed by atoms with Crippen molar-refractivity contribution in [3.63, 3.8) is 0 Å². The molecule has 1 saturated heterocycles. The molecule has 0 aromatic heterocycles. The third kappa shape index (κ3) is 5.36. The Morgan fingerprint density at radius 3 is 2.38 bits per heavy atom. The predicted octanol–water partition coefficient (Wildman–Crippen LogP) is 3.82. The first-order valence-corrected chi connectivity index (χ1v) is 7.22. The van der Waals surface area contributed by atoms with Crippen LogP contribution in [0.4, 0.5) is 5.69 Å². The van der Waals surface area contributed by atoms with E-state index in [-0.39, 0.29) is 5.69 Å². The molecule has 0 N–H and O–H groups in total. The normalized spacial score (nSPS) is 16.6. The quantitative estimate of drug-likeness (QED) is 0.453. The van der Waals surface area contributed by atoms with Gasteiger partial charge in [0, 0.05) is 18.7 Å². The van der Waals surface area contributed by atoms with E-state index in [2.05, 4.69) is 17.1 Å². The van der Waals surface area contributed by atoms with E-state index in [9.17, 15) is 10.1 Å². The van der Waals surface area contributed by atoms with E-state index in [1.54, 1.807) is 12.1 Å². The van der Waals surface area contributed by atoms with E-state index in [1.165, 1.54) is 38.1 Å². The van der Waals surface area contributed by atoms with Crippen LogP contribution in [0.5, 0.6) is 0 Å². The van der Waals surface area contributed by atoms with Crippen molar-refractivity contribution in [2.24, 2.45) is 0 Å². The van der Waals surface area contributed by atoms with E-state index < -0.39 is 4.92 Å². The molecule has 0 aliphatic carbocycles. The Hall–Kier alpha value is -2.20. The molecule has 0 spiro atoms. The van der Waals surface area contributed by atoms with Gasteiger partial charge in [-0.25, -0.2) is 0 Å². The molecule has 110 valence electrons. The van der Waals surface area contributed by atoms with Gasteiger partial charge >= 0.3 is 0 Å². The fourth-order valence-corrected chi connectivity index (χ4v) is 2.26. The highest BCUT2D eigenvalue weighted by molar-refractivity contribution is 5.53. The number of nitro groups is 1. The molecule has 21 heavy (non-hydrogen) atoms. The van der Waals surface area contributed by atoms with Crippen LogP contribution in [0.3, 0.4) is 0 Å². The zero-order valence-electron chi connectivity index (χ0n) is 12.0. The second kappa shape index (κ2) is 8.17. The van der Waals surface area contributed by atoms with Gasteiger partial charge in [0.2, 0.25) is 0 Å². The molecule has 0 amide bonds. The van der Waals surface area contributed by atoms with Crippen molar-refractivity contribution in [2.75, 3.05) is 19.6 Å². The van der Waals surface area contributed by atoms with Crippen molar-refractivity contribution in [3.05, 3.63) is 70.3 Å². The molecule has 0 bridgehead atoms. The van der Waals surface area contributed by atoms with Gasteiger partial charge in [-0.3, -0.25) is 15.0 Å². The zero-order valence-corrected chi connectivity index (χ0v) is 12.0. The van der Waals surface area contributed by atoms with Crippen molar-refractivity contribution in [1.82, 2.24) is 4.90 Å². The van der Waals surface area contributed by atoms with Gasteiger partial charge in [0.15, 0.2) is 0 Å². The van der Waals surface area contributed by atoms with Crippen molar-refractivity contribution in [3.8, 4) is 0 Å². The van der Waals surface area contributed by atoms with Crippen molar-refractivity contribution < 1.29 is 4.92 Å².